The van der Waals surface area contributed by atoms with Gasteiger partial charge in [0.2, 0.25) is 5.91 Å². The van der Waals surface area contributed by atoms with E-state index in [1.165, 1.54) is 11.8 Å². The number of aliphatic imine (C=N–C) groups is 1. The van der Waals surface area contributed by atoms with E-state index in [0.717, 1.165) is 11.1 Å². The molecule has 1 atom stereocenters. The number of rotatable bonds is 4. The normalized spacial score (nSPS) is 16.5. The number of primary amides is 1. The lowest BCUT2D eigenvalue weighted by Crippen LogP contribution is -2.32. The van der Waals surface area contributed by atoms with Gasteiger partial charge >= 0.3 is 0 Å². The second kappa shape index (κ2) is 7.89. The van der Waals surface area contributed by atoms with Crippen LogP contribution in [0.5, 0.6) is 0 Å². The standard InChI is InChI=1S/C20H18N4OS/c1-13-17(19(22)25)18(14-7-3-2-4-8-14)24-20(23-13)26-12-16-10-6-5-9-15(16)11-21/h2-10,18H,12H2,1H3,(H2,22,25)(H,23,24)/t18-/m1/s1. The van der Waals surface area contributed by atoms with Crippen LogP contribution in [0.25, 0.3) is 0 Å². The molecule has 3 rings (SSSR count). The third kappa shape index (κ3) is 3.79. The molecule has 0 aliphatic carbocycles. The fourth-order valence-electron chi connectivity index (χ4n) is 2.82. The molecule has 1 amide bonds. The molecular formula is C20H18N4OS. The molecule has 26 heavy (non-hydrogen) atoms. The van der Waals surface area contributed by atoms with Crippen LogP contribution in [0.1, 0.15) is 29.7 Å². The van der Waals surface area contributed by atoms with Crippen molar-refractivity contribution in [3.63, 3.8) is 0 Å². The van der Waals surface area contributed by atoms with Gasteiger partial charge in [0.05, 0.1) is 17.2 Å². The van der Waals surface area contributed by atoms with Gasteiger partial charge in [-0.1, -0.05) is 60.3 Å². The molecule has 0 radical (unpaired) electrons. The van der Waals surface area contributed by atoms with Crippen LogP contribution in [0.2, 0.25) is 0 Å². The first-order valence-corrected chi connectivity index (χ1v) is 9.10. The van der Waals surface area contributed by atoms with Gasteiger partial charge in [0.15, 0.2) is 5.17 Å². The summed E-state index contributed by atoms with van der Waals surface area (Å²) in [5, 5.41) is 13.1. The van der Waals surface area contributed by atoms with Crippen LogP contribution < -0.4 is 11.1 Å². The second-order valence-corrected chi connectivity index (χ2v) is 6.80. The van der Waals surface area contributed by atoms with Gasteiger partial charge in [-0.05, 0) is 24.1 Å². The van der Waals surface area contributed by atoms with Crippen molar-refractivity contribution in [2.45, 2.75) is 18.7 Å². The molecule has 0 unspecified atom stereocenters. The van der Waals surface area contributed by atoms with Crippen LogP contribution in [-0.2, 0) is 10.5 Å². The van der Waals surface area contributed by atoms with E-state index in [2.05, 4.69) is 11.4 Å². The third-order valence-electron chi connectivity index (χ3n) is 4.10. The average Bonchev–Trinajstić information content (AvgIpc) is 2.66. The molecule has 130 valence electrons. The number of carbonyl (C=O) groups excluding carboxylic acids is 1. The molecule has 1 aliphatic heterocycles. The summed E-state index contributed by atoms with van der Waals surface area (Å²) in [6.45, 7) is 1.83. The number of benzene rings is 2. The van der Waals surface area contributed by atoms with Crippen molar-refractivity contribution in [2.24, 2.45) is 10.7 Å². The number of nitrogens with one attached hydrogen (secondary N) is 1. The smallest absolute Gasteiger partial charge is 0.248 e. The number of hydrogen-bond donors (Lipinski definition) is 2. The Hall–Kier alpha value is -3.04. The van der Waals surface area contributed by atoms with E-state index in [4.69, 9.17) is 10.7 Å². The first-order chi connectivity index (χ1) is 12.6. The van der Waals surface area contributed by atoms with Crippen LogP contribution in [0.3, 0.4) is 0 Å². The highest BCUT2D eigenvalue weighted by Gasteiger charge is 2.27. The minimum Gasteiger partial charge on any atom is -0.366 e. The molecule has 0 bridgehead atoms. The van der Waals surface area contributed by atoms with Gasteiger partial charge in [0, 0.05) is 11.4 Å². The van der Waals surface area contributed by atoms with Gasteiger partial charge in [-0.15, -0.1) is 0 Å². The molecular weight excluding hydrogens is 344 g/mol. The van der Waals surface area contributed by atoms with E-state index in [-0.39, 0.29) is 0 Å². The van der Waals surface area contributed by atoms with Crippen molar-refractivity contribution in [1.82, 2.24) is 5.32 Å². The molecule has 5 nitrogen and oxygen atoms in total. The Balaban J connectivity index is 1.87. The number of hydrogen-bond acceptors (Lipinski definition) is 5. The van der Waals surface area contributed by atoms with Crippen molar-refractivity contribution in [3.8, 4) is 6.07 Å². The molecule has 3 N–H and O–H groups in total. The highest BCUT2D eigenvalue weighted by Crippen LogP contribution is 2.32. The van der Waals surface area contributed by atoms with E-state index < -0.39 is 11.9 Å². The van der Waals surface area contributed by atoms with Crippen LogP contribution in [0.15, 0.2) is 70.9 Å². The first kappa shape index (κ1) is 17.8. The van der Waals surface area contributed by atoms with Crippen molar-refractivity contribution in [3.05, 3.63) is 82.6 Å². The highest BCUT2D eigenvalue weighted by atomic mass is 32.2. The van der Waals surface area contributed by atoms with E-state index >= 15 is 0 Å². The zero-order valence-corrected chi connectivity index (χ0v) is 15.1. The van der Waals surface area contributed by atoms with Crippen molar-refractivity contribution in [1.29, 1.82) is 5.26 Å². The minimum absolute atomic E-state index is 0.427. The predicted molar refractivity (Wildman–Crippen MR) is 104 cm³/mol. The Morgan fingerprint density at radius 3 is 2.62 bits per heavy atom. The number of thioether (sulfide) groups is 1. The number of amides is 1. The fourth-order valence-corrected chi connectivity index (χ4v) is 3.77. The summed E-state index contributed by atoms with van der Waals surface area (Å²) in [7, 11) is 0. The van der Waals surface area contributed by atoms with Gasteiger partial charge in [0.1, 0.15) is 6.04 Å². The summed E-state index contributed by atoms with van der Waals surface area (Å²) in [5.74, 6) is 0.127. The molecule has 0 spiro atoms. The van der Waals surface area contributed by atoms with Crippen LogP contribution in [0, 0.1) is 11.3 Å². The van der Waals surface area contributed by atoms with Gasteiger partial charge in [0.25, 0.3) is 0 Å². The summed E-state index contributed by atoms with van der Waals surface area (Å²) < 4.78 is 0. The predicted octanol–water partition coefficient (Wildman–Crippen LogP) is 3.25. The summed E-state index contributed by atoms with van der Waals surface area (Å²) in [6, 6.07) is 18.9. The summed E-state index contributed by atoms with van der Waals surface area (Å²) in [4.78, 5) is 16.6. The lowest BCUT2D eigenvalue weighted by Gasteiger charge is -2.25. The largest absolute Gasteiger partial charge is 0.366 e. The molecule has 1 aliphatic rings. The number of nitrogens with zero attached hydrogens (tertiary/aromatic N) is 2. The Labute approximate surface area is 156 Å². The maximum Gasteiger partial charge on any atom is 0.248 e. The van der Waals surface area contributed by atoms with E-state index in [9.17, 15) is 10.1 Å². The Morgan fingerprint density at radius 1 is 1.23 bits per heavy atom. The van der Waals surface area contributed by atoms with Crippen molar-refractivity contribution in [2.75, 3.05) is 0 Å². The zero-order chi connectivity index (χ0) is 18.5. The maximum atomic E-state index is 11.9. The van der Waals surface area contributed by atoms with E-state index in [1.54, 1.807) is 6.07 Å². The van der Waals surface area contributed by atoms with Crippen LogP contribution >= 0.6 is 11.8 Å². The zero-order valence-electron chi connectivity index (χ0n) is 14.3. The molecule has 2 aromatic carbocycles. The number of carbonyl (C=O) groups is 1. The van der Waals surface area contributed by atoms with Crippen molar-refractivity contribution < 1.29 is 4.79 Å². The lowest BCUT2D eigenvalue weighted by molar-refractivity contribution is -0.114. The highest BCUT2D eigenvalue weighted by molar-refractivity contribution is 8.13. The first-order valence-electron chi connectivity index (χ1n) is 8.11. The van der Waals surface area contributed by atoms with E-state index in [1.807, 2.05) is 55.5 Å². The lowest BCUT2D eigenvalue weighted by atomic mass is 9.96. The van der Waals surface area contributed by atoms with Gasteiger partial charge in [-0.25, -0.2) is 4.99 Å². The summed E-state index contributed by atoms with van der Waals surface area (Å²) in [5.41, 5.74) is 9.28. The fraction of sp³-hybridized carbons (Fsp3) is 0.150. The minimum atomic E-state index is -0.480. The Bertz CT molecular complexity index is 928. The summed E-state index contributed by atoms with van der Waals surface area (Å²) >= 11 is 1.50. The molecule has 0 saturated heterocycles. The topological polar surface area (TPSA) is 91.3 Å². The monoisotopic (exact) mass is 362 g/mol. The molecule has 6 heteroatoms. The number of allylic oxidation sites excluding steroid dienone is 1. The number of nitrogens with two attached hydrogens (primary N) is 1. The Morgan fingerprint density at radius 2 is 1.92 bits per heavy atom. The third-order valence-corrected chi connectivity index (χ3v) is 5.04. The number of amidine groups is 1. The van der Waals surface area contributed by atoms with Gasteiger partial charge < -0.3 is 11.1 Å². The SMILES string of the molecule is CC1=C(C(N)=O)[C@@H](c2ccccc2)N=C(SCc2ccccc2C#N)N1. The molecule has 0 aromatic heterocycles. The molecule has 2 aromatic rings. The van der Waals surface area contributed by atoms with Crippen LogP contribution in [-0.4, -0.2) is 11.1 Å². The van der Waals surface area contributed by atoms with E-state index in [0.29, 0.717) is 27.8 Å². The van der Waals surface area contributed by atoms with Crippen molar-refractivity contribution >= 4 is 22.8 Å². The van der Waals surface area contributed by atoms with Gasteiger partial charge in [-0.2, -0.15) is 5.26 Å². The maximum absolute atomic E-state index is 11.9. The van der Waals surface area contributed by atoms with Crippen LogP contribution in [0.4, 0.5) is 0 Å². The number of nitriles is 1. The Kier molecular flexibility index (Phi) is 5.40. The average molecular weight is 362 g/mol. The molecule has 0 saturated carbocycles. The summed E-state index contributed by atoms with van der Waals surface area (Å²) in [6.07, 6.45) is 0. The van der Waals surface area contributed by atoms with Gasteiger partial charge in [-0.3, -0.25) is 4.79 Å². The molecule has 1 heterocycles. The second-order valence-electron chi connectivity index (χ2n) is 5.83. The molecule has 0 fully saturated rings. The quantitative estimate of drug-likeness (QED) is 0.873.